The van der Waals surface area contributed by atoms with E-state index in [4.69, 9.17) is 4.55 Å². The molecule has 12 heavy (non-hydrogen) atoms. The van der Waals surface area contributed by atoms with Gasteiger partial charge in [0.25, 0.3) is 11.3 Å². The molecule has 3 nitrogen and oxygen atoms in total. The van der Waals surface area contributed by atoms with Gasteiger partial charge >= 0.3 is 0 Å². The number of benzene rings is 1. The Hall–Kier alpha value is -0.870. The second-order valence-corrected chi connectivity index (χ2v) is 3.10. The molecule has 2 N–H and O–H groups in total. The fourth-order valence-electron chi connectivity index (χ4n) is 0.909. The SMILES string of the molecule is CCc1ccc(NS(=O)O)cc1. The van der Waals surface area contributed by atoms with Crippen molar-refractivity contribution in [1.82, 2.24) is 0 Å². The Bertz CT molecular complexity index is 271. The average molecular weight is 185 g/mol. The molecule has 0 aliphatic heterocycles. The maximum atomic E-state index is 10.3. The lowest BCUT2D eigenvalue weighted by molar-refractivity contribution is 0.570. The Morgan fingerprint density at radius 3 is 2.42 bits per heavy atom. The van der Waals surface area contributed by atoms with Gasteiger partial charge in [0.1, 0.15) is 0 Å². The van der Waals surface area contributed by atoms with E-state index >= 15 is 0 Å². The highest BCUT2D eigenvalue weighted by molar-refractivity contribution is 7.80. The number of rotatable bonds is 3. The van der Waals surface area contributed by atoms with E-state index in [0.717, 1.165) is 6.42 Å². The van der Waals surface area contributed by atoms with Gasteiger partial charge in [-0.05, 0) is 24.1 Å². The van der Waals surface area contributed by atoms with Crippen LogP contribution in [0.5, 0.6) is 0 Å². The summed E-state index contributed by atoms with van der Waals surface area (Å²) >= 11 is -1.98. The Labute approximate surface area is 74.2 Å². The van der Waals surface area contributed by atoms with E-state index in [1.165, 1.54) is 5.56 Å². The number of hydrogen-bond acceptors (Lipinski definition) is 1. The average Bonchev–Trinajstić information content (AvgIpc) is 2.05. The third kappa shape index (κ3) is 2.64. The van der Waals surface area contributed by atoms with Crippen molar-refractivity contribution in [3.05, 3.63) is 29.8 Å². The lowest BCUT2D eigenvalue weighted by Crippen LogP contribution is -2.01. The molecule has 1 atom stereocenters. The molecule has 0 aliphatic carbocycles. The predicted octanol–water partition coefficient (Wildman–Crippen LogP) is 1.80. The molecule has 0 radical (unpaired) electrons. The van der Waals surface area contributed by atoms with E-state index in [9.17, 15) is 4.21 Å². The summed E-state index contributed by atoms with van der Waals surface area (Å²) in [5, 5.41) is 0. The summed E-state index contributed by atoms with van der Waals surface area (Å²) in [5.41, 5.74) is 1.87. The molecule has 0 amide bonds. The highest BCUT2D eigenvalue weighted by atomic mass is 32.2. The summed E-state index contributed by atoms with van der Waals surface area (Å²) in [6.45, 7) is 2.06. The lowest BCUT2D eigenvalue weighted by atomic mass is 10.2. The molecule has 0 spiro atoms. The van der Waals surface area contributed by atoms with E-state index in [1.54, 1.807) is 12.1 Å². The second kappa shape index (κ2) is 4.23. The minimum Gasteiger partial charge on any atom is -0.289 e. The molecule has 0 fully saturated rings. The smallest absolute Gasteiger partial charge is 0.259 e. The van der Waals surface area contributed by atoms with Gasteiger partial charge in [-0.3, -0.25) is 9.27 Å². The third-order valence-electron chi connectivity index (χ3n) is 1.57. The van der Waals surface area contributed by atoms with Gasteiger partial charge in [0, 0.05) is 5.69 Å². The van der Waals surface area contributed by atoms with Crippen LogP contribution in [0, 0.1) is 0 Å². The molecule has 0 aromatic heterocycles. The first-order valence-electron chi connectivity index (χ1n) is 3.69. The summed E-state index contributed by atoms with van der Waals surface area (Å²) in [6, 6.07) is 7.42. The van der Waals surface area contributed by atoms with Gasteiger partial charge in [-0.15, -0.1) is 0 Å². The molecule has 0 saturated carbocycles. The molecular formula is C8H11NO2S. The third-order valence-corrected chi connectivity index (χ3v) is 1.98. The quantitative estimate of drug-likeness (QED) is 0.705. The maximum Gasteiger partial charge on any atom is 0.259 e. The summed E-state index contributed by atoms with van der Waals surface area (Å²) in [5.74, 6) is 0. The zero-order valence-electron chi connectivity index (χ0n) is 6.78. The van der Waals surface area contributed by atoms with E-state index in [1.807, 2.05) is 12.1 Å². The zero-order valence-corrected chi connectivity index (χ0v) is 7.60. The molecule has 0 heterocycles. The molecule has 0 bridgehead atoms. The van der Waals surface area contributed by atoms with E-state index in [0.29, 0.717) is 5.69 Å². The number of anilines is 1. The maximum absolute atomic E-state index is 10.3. The molecule has 1 unspecified atom stereocenters. The fourth-order valence-corrected chi connectivity index (χ4v) is 1.25. The van der Waals surface area contributed by atoms with E-state index in [-0.39, 0.29) is 0 Å². The van der Waals surface area contributed by atoms with Gasteiger partial charge in [0.15, 0.2) is 0 Å². The van der Waals surface area contributed by atoms with Crippen molar-refractivity contribution < 1.29 is 8.76 Å². The Balaban J connectivity index is 2.71. The van der Waals surface area contributed by atoms with Crippen molar-refractivity contribution in [2.75, 3.05) is 4.72 Å². The number of hydrogen-bond donors (Lipinski definition) is 2. The van der Waals surface area contributed by atoms with Crippen molar-refractivity contribution in [1.29, 1.82) is 0 Å². The van der Waals surface area contributed by atoms with Gasteiger partial charge in [0.2, 0.25) is 0 Å². The first kappa shape index (κ1) is 9.22. The molecule has 66 valence electrons. The molecule has 0 aliphatic rings. The zero-order chi connectivity index (χ0) is 8.97. The van der Waals surface area contributed by atoms with Crippen LogP contribution >= 0.6 is 0 Å². The molecular weight excluding hydrogens is 174 g/mol. The van der Waals surface area contributed by atoms with E-state index in [2.05, 4.69) is 11.6 Å². The van der Waals surface area contributed by atoms with Crippen LogP contribution in [-0.4, -0.2) is 8.76 Å². The lowest BCUT2D eigenvalue weighted by Gasteiger charge is -2.01. The Morgan fingerprint density at radius 2 is 2.00 bits per heavy atom. The highest BCUT2D eigenvalue weighted by Gasteiger charge is 1.94. The topological polar surface area (TPSA) is 49.3 Å². The van der Waals surface area contributed by atoms with Crippen molar-refractivity contribution in [3.8, 4) is 0 Å². The minimum atomic E-state index is -1.98. The van der Waals surface area contributed by atoms with Crippen molar-refractivity contribution >= 4 is 17.0 Å². The summed E-state index contributed by atoms with van der Waals surface area (Å²) < 4.78 is 21.2. The van der Waals surface area contributed by atoms with Crippen LogP contribution < -0.4 is 4.72 Å². The summed E-state index contributed by atoms with van der Waals surface area (Å²) in [4.78, 5) is 0. The Kier molecular flexibility index (Phi) is 3.25. The van der Waals surface area contributed by atoms with Crippen LogP contribution in [0.25, 0.3) is 0 Å². The second-order valence-electron chi connectivity index (χ2n) is 2.40. The summed E-state index contributed by atoms with van der Waals surface area (Å²) in [6.07, 6.45) is 0.975. The molecule has 1 aromatic rings. The monoisotopic (exact) mass is 185 g/mol. The minimum absolute atomic E-state index is 0.660. The molecule has 1 aromatic carbocycles. The Morgan fingerprint density at radius 1 is 1.42 bits per heavy atom. The van der Waals surface area contributed by atoms with Crippen molar-refractivity contribution in [3.63, 3.8) is 0 Å². The first-order chi connectivity index (χ1) is 5.72. The van der Waals surface area contributed by atoms with E-state index < -0.39 is 11.3 Å². The predicted molar refractivity (Wildman–Crippen MR) is 50.2 cm³/mol. The largest absolute Gasteiger partial charge is 0.289 e. The van der Waals surface area contributed by atoms with Crippen LogP contribution in [-0.2, 0) is 17.7 Å². The van der Waals surface area contributed by atoms with Crippen LogP contribution in [0.1, 0.15) is 12.5 Å². The van der Waals surface area contributed by atoms with Crippen molar-refractivity contribution in [2.45, 2.75) is 13.3 Å². The van der Waals surface area contributed by atoms with Gasteiger partial charge in [0.05, 0.1) is 0 Å². The van der Waals surface area contributed by atoms with Crippen LogP contribution in [0.15, 0.2) is 24.3 Å². The molecule has 1 rings (SSSR count). The number of aryl methyl sites for hydroxylation is 1. The number of nitrogens with one attached hydrogen (secondary N) is 1. The van der Waals surface area contributed by atoms with Crippen molar-refractivity contribution in [2.24, 2.45) is 0 Å². The highest BCUT2D eigenvalue weighted by Crippen LogP contribution is 2.09. The molecule has 0 saturated heterocycles. The summed E-state index contributed by atoms with van der Waals surface area (Å²) in [7, 11) is 0. The molecule has 4 heteroatoms. The van der Waals surface area contributed by atoms with Gasteiger partial charge in [-0.1, -0.05) is 19.1 Å². The van der Waals surface area contributed by atoms with Gasteiger partial charge in [-0.25, -0.2) is 4.21 Å². The van der Waals surface area contributed by atoms with Gasteiger partial charge in [-0.2, -0.15) is 0 Å². The van der Waals surface area contributed by atoms with Crippen LogP contribution in [0.3, 0.4) is 0 Å². The van der Waals surface area contributed by atoms with Gasteiger partial charge < -0.3 is 0 Å². The normalized spacial score (nSPS) is 12.5. The van der Waals surface area contributed by atoms with Crippen LogP contribution in [0.2, 0.25) is 0 Å². The fraction of sp³-hybridized carbons (Fsp3) is 0.250. The standard InChI is InChI=1S/C8H11NO2S/c1-2-7-3-5-8(6-4-7)9-12(10)11/h3-6,9H,2H2,1H3,(H,10,11). The van der Waals surface area contributed by atoms with Crippen LogP contribution in [0.4, 0.5) is 5.69 Å². The first-order valence-corrected chi connectivity index (χ1v) is 4.79.